The number of rotatable bonds is 4. The van der Waals surface area contributed by atoms with Crippen LogP contribution in [0.15, 0.2) is 36.7 Å². The van der Waals surface area contributed by atoms with Gasteiger partial charge < -0.3 is 10.3 Å². The molecule has 0 atom stereocenters. The highest BCUT2D eigenvalue weighted by molar-refractivity contribution is 7.16. The predicted octanol–water partition coefficient (Wildman–Crippen LogP) is 2.55. The summed E-state index contributed by atoms with van der Waals surface area (Å²) in [5.74, 6) is -0.166. The molecular formula is C16H15N5OS. The molecule has 7 heteroatoms. The number of hydrogen-bond donors (Lipinski definition) is 2. The number of aryl methyl sites for hydroxylation is 1. The number of benzene rings is 1. The summed E-state index contributed by atoms with van der Waals surface area (Å²) < 4.78 is 1.65. The number of carbonyl (C=O) groups is 1. The molecule has 4 aromatic rings. The second-order valence-corrected chi connectivity index (χ2v) is 6.50. The lowest BCUT2D eigenvalue weighted by Gasteiger charge is -2.02. The maximum Gasteiger partial charge on any atom is 0.271 e. The summed E-state index contributed by atoms with van der Waals surface area (Å²) in [6, 6.07) is 8.15. The van der Waals surface area contributed by atoms with Crippen molar-refractivity contribution in [2.24, 2.45) is 0 Å². The van der Waals surface area contributed by atoms with E-state index in [9.17, 15) is 4.79 Å². The number of nitrogens with zero attached hydrogens (tertiary/aromatic N) is 3. The molecule has 116 valence electrons. The van der Waals surface area contributed by atoms with E-state index in [-0.39, 0.29) is 5.91 Å². The first-order chi connectivity index (χ1) is 11.2. The lowest BCUT2D eigenvalue weighted by molar-refractivity contribution is 0.0949. The molecule has 0 radical (unpaired) electrons. The second-order valence-electron chi connectivity index (χ2n) is 5.34. The number of nitrogens with one attached hydrogen (secondary N) is 2. The summed E-state index contributed by atoms with van der Waals surface area (Å²) in [4.78, 5) is 20.5. The Balaban J connectivity index is 1.42. The number of aromatic amines is 1. The van der Waals surface area contributed by atoms with Crippen molar-refractivity contribution in [2.45, 2.75) is 13.3 Å². The monoisotopic (exact) mass is 325 g/mol. The van der Waals surface area contributed by atoms with E-state index in [1.165, 1.54) is 22.3 Å². The van der Waals surface area contributed by atoms with Gasteiger partial charge in [-0.25, -0.2) is 9.50 Å². The van der Waals surface area contributed by atoms with Crippen LogP contribution >= 0.6 is 11.3 Å². The zero-order valence-corrected chi connectivity index (χ0v) is 13.4. The molecule has 3 heterocycles. The van der Waals surface area contributed by atoms with E-state index in [1.807, 2.05) is 31.3 Å². The molecule has 0 fully saturated rings. The van der Waals surface area contributed by atoms with Gasteiger partial charge in [0, 0.05) is 23.6 Å². The Morgan fingerprint density at radius 2 is 2.26 bits per heavy atom. The van der Waals surface area contributed by atoms with Crippen LogP contribution in [0.25, 0.3) is 15.9 Å². The molecule has 0 aliphatic rings. The van der Waals surface area contributed by atoms with Crippen molar-refractivity contribution in [1.29, 1.82) is 0 Å². The molecule has 0 aliphatic heterocycles. The fraction of sp³-hybridized carbons (Fsp3) is 0.188. The van der Waals surface area contributed by atoms with Crippen molar-refractivity contribution in [3.05, 3.63) is 52.9 Å². The summed E-state index contributed by atoms with van der Waals surface area (Å²) in [5, 5.41) is 9.30. The van der Waals surface area contributed by atoms with Crippen LogP contribution in [0.2, 0.25) is 0 Å². The van der Waals surface area contributed by atoms with E-state index >= 15 is 0 Å². The van der Waals surface area contributed by atoms with Gasteiger partial charge in [-0.1, -0.05) is 29.5 Å². The standard InChI is InChI=1S/C16H15N5OS/c1-10-20-21-9-14(19-16(21)23-10)15(22)17-7-6-11-8-18-13-5-3-2-4-12(11)13/h2-5,8-9,18H,6-7H2,1H3,(H,17,22). The maximum atomic E-state index is 12.2. The summed E-state index contributed by atoms with van der Waals surface area (Å²) in [6.45, 7) is 2.48. The van der Waals surface area contributed by atoms with Crippen molar-refractivity contribution in [1.82, 2.24) is 24.9 Å². The minimum absolute atomic E-state index is 0.166. The molecule has 0 saturated carbocycles. The third-order valence-corrected chi connectivity index (χ3v) is 4.57. The number of carbonyl (C=O) groups excluding carboxylic acids is 1. The van der Waals surface area contributed by atoms with E-state index in [4.69, 9.17) is 0 Å². The number of hydrogen-bond acceptors (Lipinski definition) is 4. The number of imidazole rings is 1. The number of H-pyrrole nitrogens is 1. The zero-order chi connectivity index (χ0) is 15.8. The van der Waals surface area contributed by atoms with Gasteiger partial charge in [-0.15, -0.1) is 0 Å². The lowest BCUT2D eigenvalue weighted by Crippen LogP contribution is -2.25. The van der Waals surface area contributed by atoms with Crippen LogP contribution in [-0.2, 0) is 6.42 Å². The molecule has 0 aliphatic carbocycles. The van der Waals surface area contributed by atoms with Gasteiger partial charge in [-0.2, -0.15) is 5.10 Å². The first-order valence-electron chi connectivity index (χ1n) is 7.37. The minimum atomic E-state index is -0.166. The molecule has 4 rings (SSSR count). The van der Waals surface area contributed by atoms with Crippen LogP contribution in [0, 0.1) is 6.92 Å². The number of fused-ring (bicyclic) bond motifs is 2. The summed E-state index contributed by atoms with van der Waals surface area (Å²) in [6.07, 6.45) is 4.44. The van der Waals surface area contributed by atoms with Crippen molar-refractivity contribution in [2.75, 3.05) is 6.54 Å². The molecule has 23 heavy (non-hydrogen) atoms. The van der Waals surface area contributed by atoms with Gasteiger partial charge in [-0.3, -0.25) is 4.79 Å². The molecule has 2 N–H and O–H groups in total. The number of para-hydroxylation sites is 1. The molecule has 1 aromatic carbocycles. The first kappa shape index (κ1) is 14.0. The van der Waals surface area contributed by atoms with Crippen molar-refractivity contribution in [3.8, 4) is 0 Å². The molecule has 0 spiro atoms. The van der Waals surface area contributed by atoms with Crippen molar-refractivity contribution >= 4 is 33.1 Å². The third kappa shape index (κ3) is 2.59. The van der Waals surface area contributed by atoms with E-state index in [0.717, 1.165) is 21.9 Å². The van der Waals surface area contributed by atoms with Crippen LogP contribution in [-0.4, -0.2) is 32.0 Å². The molecule has 0 bridgehead atoms. The Labute approximate surface area is 136 Å². The quantitative estimate of drug-likeness (QED) is 0.605. The summed E-state index contributed by atoms with van der Waals surface area (Å²) in [7, 11) is 0. The van der Waals surface area contributed by atoms with Gasteiger partial charge in [0.05, 0.1) is 6.20 Å². The Kier molecular flexibility index (Phi) is 3.34. The molecule has 3 aromatic heterocycles. The topological polar surface area (TPSA) is 75.1 Å². The van der Waals surface area contributed by atoms with Gasteiger partial charge in [0.15, 0.2) is 0 Å². The average Bonchev–Trinajstić information content (AvgIpc) is 3.20. The van der Waals surface area contributed by atoms with Gasteiger partial charge in [0.1, 0.15) is 10.7 Å². The van der Waals surface area contributed by atoms with Crippen molar-refractivity contribution < 1.29 is 4.79 Å². The third-order valence-electron chi connectivity index (χ3n) is 3.73. The van der Waals surface area contributed by atoms with Crippen LogP contribution < -0.4 is 5.32 Å². The highest BCUT2D eigenvalue weighted by atomic mass is 32.1. The van der Waals surface area contributed by atoms with E-state index < -0.39 is 0 Å². The summed E-state index contributed by atoms with van der Waals surface area (Å²) >= 11 is 1.47. The fourth-order valence-corrected chi connectivity index (χ4v) is 3.37. The van der Waals surface area contributed by atoms with Crippen LogP contribution in [0.4, 0.5) is 0 Å². The second kappa shape index (κ2) is 5.51. The molecule has 0 unspecified atom stereocenters. The largest absolute Gasteiger partial charge is 0.361 e. The summed E-state index contributed by atoms with van der Waals surface area (Å²) in [5.41, 5.74) is 2.72. The number of aromatic nitrogens is 4. The number of amides is 1. The average molecular weight is 325 g/mol. The molecule has 0 saturated heterocycles. The van der Waals surface area contributed by atoms with Crippen LogP contribution in [0.5, 0.6) is 0 Å². The zero-order valence-electron chi connectivity index (χ0n) is 12.5. The van der Waals surface area contributed by atoms with E-state index in [1.54, 1.807) is 10.7 Å². The highest BCUT2D eigenvalue weighted by Gasteiger charge is 2.13. The van der Waals surface area contributed by atoms with Gasteiger partial charge in [0.2, 0.25) is 4.96 Å². The van der Waals surface area contributed by atoms with E-state index in [2.05, 4.69) is 26.4 Å². The molecule has 6 nitrogen and oxygen atoms in total. The smallest absolute Gasteiger partial charge is 0.271 e. The van der Waals surface area contributed by atoms with E-state index in [0.29, 0.717) is 12.2 Å². The van der Waals surface area contributed by atoms with Gasteiger partial charge in [0.25, 0.3) is 5.91 Å². The van der Waals surface area contributed by atoms with Gasteiger partial charge >= 0.3 is 0 Å². The lowest BCUT2D eigenvalue weighted by atomic mass is 10.1. The molecule has 1 amide bonds. The van der Waals surface area contributed by atoms with Crippen LogP contribution in [0.3, 0.4) is 0 Å². The highest BCUT2D eigenvalue weighted by Crippen LogP contribution is 2.18. The predicted molar refractivity (Wildman–Crippen MR) is 89.9 cm³/mol. The first-order valence-corrected chi connectivity index (χ1v) is 8.18. The van der Waals surface area contributed by atoms with Gasteiger partial charge in [-0.05, 0) is 25.0 Å². The normalized spacial score (nSPS) is 11.3. The Bertz CT molecular complexity index is 965. The Morgan fingerprint density at radius 3 is 3.13 bits per heavy atom. The maximum absolute atomic E-state index is 12.2. The Hall–Kier alpha value is -2.67. The Morgan fingerprint density at radius 1 is 1.39 bits per heavy atom. The molecular weight excluding hydrogens is 310 g/mol. The van der Waals surface area contributed by atoms with Crippen LogP contribution in [0.1, 0.15) is 21.1 Å². The SMILES string of the molecule is Cc1nn2cc(C(=O)NCCc3c[nH]c4ccccc34)nc2s1. The van der Waals surface area contributed by atoms with Crippen molar-refractivity contribution in [3.63, 3.8) is 0 Å². The fourth-order valence-electron chi connectivity index (χ4n) is 2.65. The minimum Gasteiger partial charge on any atom is -0.361 e.